The van der Waals surface area contributed by atoms with E-state index >= 15 is 0 Å². The molecular formula is C12H23NO3S. The van der Waals surface area contributed by atoms with E-state index in [1.165, 1.54) is 6.42 Å². The van der Waals surface area contributed by atoms with Crippen molar-refractivity contribution in [1.29, 1.82) is 0 Å². The summed E-state index contributed by atoms with van der Waals surface area (Å²) in [6, 6.07) is 0. The number of rotatable bonds is 2. The van der Waals surface area contributed by atoms with Crippen LogP contribution >= 0.6 is 0 Å². The summed E-state index contributed by atoms with van der Waals surface area (Å²) in [7, 11) is -2.81. The van der Waals surface area contributed by atoms with Gasteiger partial charge in [-0.25, -0.2) is 8.42 Å². The van der Waals surface area contributed by atoms with Gasteiger partial charge in [0.25, 0.3) is 0 Å². The van der Waals surface area contributed by atoms with Crippen LogP contribution in [0, 0.1) is 5.92 Å². The second kappa shape index (κ2) is 4.86. The Hall–Kier alpha value is -0.130. The predicted molar refractivity (Wildman–Crippen MR) is 67.7 cm³/mol. The van der Waals surface area contributed by atoms with E-state index in [1.54, 1.807) is 0 Å². The molecule has 1 saturated carbocycles. The molecule has 2 atom stereocenters. The molecule has 1 aliphatic carbocycles. The average molecular weight is 261 g/mol. The van der Waals surface area contributed by atoms with Gasteiger partial charge >= 0.3 is 0 Å². The summed E-state index contributed by atoms with van der Waals surface area (Å²) in [5.41, 5.74) is -0.585. The Morgan fingerprint density at radius 1 is 1.35 bits per heavy atom. The normalized spacial score (nSPS) is 39.1. The summed E-state index contributed by atoms with van der Waals surface area (Å²) in [5.74, 6) is 1.08. The molecule has 17 heavy (non-hydrogen) atoms. The van der Waals surface area contributed by atoms with Crippen LogP contribution in [0.15, 0.2) is 0 Å². The minimum atomic E-state index is -2.81. The second-order valence-corrected chi connectivity index (χ2v) is 8.16. The van der Waals surface area contributed by atoms with Gasteiger partial charge in [0.05, 0.1) is 17.1 Å². The minimum absolute atomic E-state index is 0.249. The molecule has 0 aromatic carbocycles. The van der Waals surface area contributed by atoms with Crippen molar-refractivity contribution in [2.45, 2.75) is 38.2 Å². The molecule has 0 spiro atoms. The third-order valence-electron chi connectivity index (χ3n) is 4.02. The van der Waals surface area contributed by atoms with Crippen LogP contribution in [0.25, 0.3) is 0 Å². The second-order valence-electron chi connectivity index (χ2n) is 5.85. The Morgan fingerprint density at radius 3 is 2.59 bits per heavy atom. The highest BCUT2D eigenvalue weighted by molar-refractivity contribution is 7.91. The van der Waals surface area contributed by atoms with Gasteiger partial charge in [-0.2, -0.15) is 0 Å². The maximum Gasteiger partial charge on any atom is 0.152 e. The van der Waals surface area contributed by atoms with Crippen LogP contribution in [0.1, 0.15) is 32.6 Å². The Kier molecular flexibility index (Phi) is 3.80. The van der Waals surface area contributed by atoms with E-state index in [4.69, 9.17) is 0 Å². The fourth-order valence-corrected chi connectivity index (χ4v) is 4.38. The van der Waals surface area contributed by atoms with Crippen molar-refractivity contribution in [2.24, 2.45) is 5.92 Å². The minimum Gasteiger partial charge on any atom is -0.389 e. The number of hydrogen-bond acceptors (Lipinski definition) is 4. The maximum absolute atomic E-state index is 11.3. The molecule has 2 fully saturated rings. The van der Waals surface area contributed by atoms with Crippen LogP contribution in [0.5, 0.6) is 0 Å². The SMILES string of the molecule is CC1CCCC(O)(CN2CCS(=O)(=O)CC2)C1. The zero-order chi connectivity index (χ0) is 12.5. The van der Waals surface area contributed by atoms with Gasteiger partial charge in [-0.1, -0.05) is 19.8 Å². The fourth-order valence-electron chi connectivity index (χ4n) is 3.10. The molecule has 1 N–H and O–H groups in total. The Balaban J connectivity index is 1.88. The third kappa shape index (κ3) is 3.66. The number of β-amino-alcohol motifs (C(OH)–C–C–N with tert-alkyl or cyclic N) is 1. The van der Waals surface area contributed by atoms with Gasteiger partial charge < -0.3 is 5.11 Å². The standard InChI is InChI=1S/C12H23NO3S/c1-11-3-2-4-12(14,9-11)10-13-5-7-17(15,16)8-6-13/h11,14H,2-10H2,1H3. The Bertz CT molecular complexity index is 354. The van der Waals surface area contributed by atoms with E-state index in [0.29, 0.717) is 25.6 Å². The Morgan fingerprint density at radius 2 is 2.00 bits per heavy atom. The quantitative estimate of drug-likeness (QED) is 0.793. The Labute approximate surface area is 104 Å². The molecule has 0 aromatic rings. The summed E-state index contributed by atoms with van der Waals surface area (Å²) in [6.07, 6.45) is 4.01. The van der Waals surface area contributed by atoms with Gasteiger partial charge in [0.1, 0.15) is 0 Å². The lowest BCUT2D eigenvalue weighted by molar-refractivity contribution is -0.0384. The number of aliphatic hydroxyl groups is 1. The van der Waals surface area contributed by atoms with E-state index in [0.717, 1.165) is 19.3 Å². The van der Waals surface area contributed by atoms with Crippen LogP contribution in [0.4, 0.5) is 0 Å². The van der Waals surface area contributed by atoms with Crippen molar-refractivity contribution in [2.75, 3.05) is 31.1 Å². The number of hydrogen-bond donors (Lipinski definition) is 1. The molecule has 0 bridgehead atoms. The van der Waals surface area contributed by atoms with Crippen molar-refractivity contribution >= 4 is 9.84 Å². The van der Waals surface area contributed by atoms with Crippen molar-refractivity contribution < 1.29 is 13.5 Å². The van der Waals surface area contributed by atoms with Crippen LogP contribution in [0.2, 0.25) is 0 Å². The van der Waals surface area contributed by atoms with Crippen LogP contribution < -0.4 is 0 Å². The highest BCUT2D eigenvalue weighted by Gasteiger charge is 2.35. The molecule has 0 radical (unpaired) electrons. The first-order chi connectivity index (χ1) is 7.89. The molecule has 1 saturated heterocycles. The van der Waals surface area contributed by atoms with Crippen LogP contribution in [-0.4, -0.2) is 55.2 Å². The van der Waals surface area contributed by atoms with Gasteiger partial charge in [0.2, 0.25) is 0 Å². The molecule has 2 rings (SSSR count). The van der Waals surface area contributed by atoms with Crippen molar-refractivity contribution in [3.05, 3.63) is 0 Å². The molecule has 2 unspecified atom stereocenters. The molecule has 0 aromatic heterocycles. The third-order valence-corrected chi connectivity index (χ3v) is 5.63. The predicted octanol–water partition coefficient (Wildman–Crippen LogP) is 0.658. The van der Waals surface area contributed by atoms with Gasteiger partial charge in [-0.05, 0) is 18.8 Å². The maximum atomic E-state index is 11.3. The molecule has 1 aliphatic heterocycles. The molecule has 0 amide bonds. The van der Waals surface area contributed by atoms with Crippen molar-refractivity contribution in [3.63, 3.8) is 0 Å². The highest BCUT2D eigenvalue weighted by atomic mass is 32.2. The number of sulfone groups is 1. The summed E-state index contributed by atoms with van der Waals surface area (Å²) in [5, 5.41) is 10.5. The van der Waals surface area contributed by atoms with E-state index in [1.807, 2.05) is 0 Å². The smallest absolute Gasteiger partial charge is 0.152 e. The molecule has 1 heterocycles. The van der Waals surface area contributed by atoms with Crippen molar-refractivity contribution in [1.82, 2.24) is 4.90 Å². The zero-order valence-electron chi connectivity index (χ0n) is 10.6. The monoisotopic (exact) mass is 261 g/mol. The van der Waals surface area contributed by atoms with Gasteiger partial charge in [0, 0.05) is 19.6 Å². The van der Waals surface area contributed by atoms with E-state index in [-0.39, 0.29) is 11.5 Å². The average Bonchev–Trinajstić information content (AvgIpc) is 2.21. The van der Waals surface area contributed by atoms with Gasteiger partial charge in [0.15, 0.2) is 9.84 Å². The zero-order valence-corrected chi connectivity index (χ0v) is 11.4. The molecular weight excluding hydrogens is 238 g/mol. The molecule has 2 aliphatic rings. The lowest BCUT2D eigenvalue weighted by Crippen LogP contribution is -2.50. The molecule has 4 nitrogen and oxygen atoms in total. The first-order valence-electron chi connectivity index (χ1n) is 6.54. The van der Waals surface area contributed by atoms with Gasteiger partial charge in [-0.15, -0.1) is 0 Å². The summed E-state index contributed by atoms with van der Waals surface area (Å²) >= 11 is 0. The summed E-state index contributed by atoms with van der Waals surface area (Å²) in [4.78, 5) is 2.11. The summed E-state index contributed by atoms with van der Waals surface area (Å²) in [6.45, 7) is 4.00. The first-order valence-corrected chi connectivity index (χ1v) is 8.36. The highest BCUT2D eigenvalue weighted by Crippen LogP contribution is 2.32. The van der Waals surface area contributed by atoms with Gasteiger partial charge in [-0.3, -0.25) is 4.90 Å². The molecule has 100 valence electrons. The number of nitrogens with zero attached hydrogens (tertiary/aromatic N) is 1. The van der Waals surface area contributed by atoms with Crippen LogP contribution in [0.3, 0.4) is 0 Å². The van der Waals surface area contributed by atoms with Crippen molar-refractivity contribution in [3.8, 4) is 0 Å². The topological polar surface area (TPSA) is 57.6 Å². The summed E-state index contributed by atoms with van der Waals surface area (Å²) < 4.78 is 22.7. The largest absolute Gasteiger partial charge is 0.389 e. The fraction of sp³-hybridized carbons (Fsp3) is 1.00. The first kappa shape index (κ1) is 13.3. The van der Waals surface area contributed by atoms with E-state index in [9.17, 15) is 13.5 Å². The van der Waals surface area contributed by atoms with Crippen LogP contribution in [-0.2, 0) is 9.84 Å². The molecule has 5 heteroatoms. The van der Waals surface area contributed by atoms with E-state index < -0.39 is 15.4 Å². The lowest BCUT2D eigenvalue weighted by atomic mass is 9.78. The lowest BCUT2D eigenvalue weighted by Gasteiger charge is -2.40. The van der Waals surface area contributed by atoms with E-state index in [2.05, 4.69) is 11.8 Å².